The molecule has 154 valence electrons. The third-order valence-electron chi connectivity index (χ3n) is 8.45. The van der Waals surface area contributed by atoms with Crippen LogP contribution >= 0.6 is 0 Å². The number of aromatic carboxylic acids is 1. The normalized spacial score (nSPS) is 33.4. The second-order valence-electron chi connectivity index (χ2n) is 9.64. The maximum Gasteiger partial charge on any atom is 0.336 e. The van der Waals surface area contributed by atoms with Gasteiger partial charge in [-0.1, -0.05) is 38.1 Å². The molecule has 1 heterocycles. The van der Waals surface area contributed by atoms with E-state index in [0.717, 1.165) is 11.3 Å². The summed E-state index contributed by atoms with van der Waals surface area (Å²) in [5.74, 6) is 0.304. The summed E-state index contributed by atoms with van der Waals surface area (Å²) in [5, 5.41) is 9.34. The molecular weight excluding hydrogens is 376 g/mol. The quantitative estimate of drug-likeness (QED) is 0.541. The Kier molecular flexibility index (Phi) is 3.86. The molecule has 4 nitrogen and oxygen atoms in total. The lowest BCUT2D eigenvalue weighted by atomic mass is 9.56. The van der Waals surface area contributed by atoms with Crippen molar-refractivity contribution in [2.45, 2.75) is 51.0 Å². The van der Waals surface area contributed by atoms with Crippen molar-refractivity contribution in [1.82, 2.24) is 0 Å². The molecule has 4 atom stereocenters. The smallest absolute Gasteiger partial charge is 0.336 e. The van der Waals surface area contributed by atoms with E-state index in [1.807, 2.05) is 18.2 Å². The Labute approximate surface area is 176 Å². The van der Waals surface area contributed by atoms with Crippen molar-refractivity contribution < 1.29 is 19.4 Å². The molecule has 0 radical (unpaired) electrons. The number of benzene rings is 2. The lowest BCUT2D eigenvalue weighted by molar-refractivity contribution is -0.0260. The second-order valence-corrected chi connectivity index (χ2v) is 9.64. The van der Waals surface area contributed by atoms with Crippen LogP contribution in [-0.2, 0) is 5.41 Å². The van der Waals surface area contributed by atoms with E-state index in [4.69, 9.17) is 4.74 Å². The van der Waals surface area contributed by atoms with Gasteiger partial charge in [-0.05, 0) is 73.4 Å². The van der Waals surface area contributed by atoms with E-state index in [1.165, 1.54) is 31.4 Å². The summed E-state index contributed by atoms with van der Waals surface area (Å²) in [7, 11) is 0. The highest BCUT2D eigenvalue weighted by Gasteiger charge is 2.73. The van der Waals surface area contributed by atoms with Crippen molar-refractivity contribution >= 4 is 17.8 Å². The summed E-state index contributed by atoms with van der Waals surface area (Å²) in [6.07, 6.45) is 6.61. The van der Waals surface area contributed by atoms with Gasteiger partial charge < -0.3 is 9.84 Å². The molecule has 2 saturated carbocycles. The van der Waals surface area contributed by atoms with Gasteiger partial charge in [0.1, 0.15) is 11.4 Å². The molecule has 3 aliphatic rings. The van der Waals surface area contributed by atoms with Crippen molar-refractivity contribution in [2.24, 2.45) is 11.3 Å². The number of ketones is 1. The summed E-state index contributed by atoms with van der Waals surface area (Å²) in [4.78, 5) is 24.3. The lowest BCUT2D eigenvalue weighted by Crippen LogP contribution is -2.54. The van der Waals surface area contributed by atoms with Gasteiger partial charge >= 0.3 is 5.97 Å². The number of carboxylic acids is 1. The van der Waals surface area contributed by atoms with Crippen molar-refractivity contribution in [2.75, 3.05) is 0 Å². The molecule has 0 amide bonds. The van der Waals surface area contributed by atoms with Crippen LogP contribution in [0.15, 0.2) is 48.5 Å². The van der Waals surface area contributed by atoms with Gasteiger partial charge in [0.2, 0.25) is 0 Å². The lowest BCUT2D eigenvalue weighted by Gasteiger charge is -2.48. The van der Waals surface area contributed by atoms with Gasteiger partial charge in [-0.2, -0.15) is 0 Å². The van der Waals surface area contributed by atoms with E-state index in [-0.39, 0.29) is 27.8 Å². The van der Waals surface area contributed by atoms with Crippen LogP contribution < -0.4 is 4.74 Å². The SMILES string of the molecule is CC12CCC(C1)C1(C)Oc3ccc(C(=O)C=Cc4ccccc4C(=O)O)cc3C21C. The van der Waals surface area contributed by atoms with Crippen LogP contribution in [0.2, 0.25) is 0 Å². The van der Waals surface area contributed by atoms with E-state index in [1.54, 1.807) is 24.3 Å². The van der Waals surface area contributed by atoms with Crippen LogP contribution in [0.5, 0.6) is 5.75 Å². The van der Waals surface area contributed by atoms with E-state index in [0.29, 0.717) is 17.0 Å². The van der Waals surface area contributed by atoms with Gasteiger partial charge in [-0.3, -0.25) is 4.79 Å². The van der Waals surface area contributed by atoms with Crippen LogP contribution in [0.4, 0.5) is 0 Å². The summed E-state index contributed by atoms with van der Waals surface area (Å²) in [6.45, 7) is 6.92. The monoisotopic (exact) mass is 402 g/mol. The zero-order valence-electron chi connectivity index (χ0n) is 17.6. The number of ether oxygens (including phenoxy) is 1. The minimum atomic E-state index is -1.01. The first-order chi connectivity index (χ1) is 14.2. The topological polar surface area (TPSA) is 63.6 Å². The number of rotatable bonds is 4. The molecule has 1 N–H and O–H groups in total. The number of carbonyl (C=O) groups is 2. The minimum absolute atomic E-state index is 0.117. The standard InChI is InChI=1S/C26H26O4/c1-24-13-12-18(15-24)26(3)25(24,2)20-14-17(9-11-22(20)30-26)21(27)10-8-16-6-4-5-7-19(16)23(28)29/h4-11,14,18H,12-13,15H2,1-3H3,(H,28,29). The van der Waals surface area contributed by atoms with Crippen LogP contribution in [0, 0.1) is 11.3 Å². The number of carbonyl (C=O) groups excluding carboxylic acids is 1. The Morgan fingerprint density at radius 1 is 1.13 bits per heavy atom. The molecule has 4 unspecified atom stereocenters. The van der Waals surface area contributed by atoms with E-state index < -0.39 is 5.97 Å². The van der Waals surface area contributed by atoms with Crippen LogP contribution in [0.3, 0.4) is 0 Å². The molecule has 2 bridgehead atoms. The van der Waals surface area contributed by atoms with Crippen molar-refractivity contribution in [3.63, 3.8) is 0 Å². The van der Waals surface area contributed by atoms with Gasteiger partial charge in [0.15, 0.2) is 5.78 Å². The highest BCUT2D eigenvalue weighted by Crippen LogP contribution is 2.73. The number of fused-ring (bicyclic) bond motifs is 7. The largest absolute Gasteiger partial charge is 0.486 e. The molecule has 0 aromatic heterocycles. The molecule has 0 saturated heterocycles. The van der Waals surface area contributed by atoms with Crippen molar-refractivity contribution in [3.8, 4) is 5.75 Å². The Morgan fingerprint density at radius 3 is 2.67 bits per heavy atom. The molecule has 1 aliphatic heterocycles. The number of hydrogen-bond acceptors (Lipinski definition) is 3. The molecule has 2 aliphatic carbocycles. The minimum Gasteiger partial charge on any atom is -0.486 e. The Morgan fingerprint density at radius 2 is 1.90 bits per heavy atom. The van der Waals surface area contributed by atoms with Gasteiger partial charge in [0, 0.05) is 16.5 Å². The van der Waals surface area contributed by atoms with Crippen molar-refractivity contribution in [3.05, 3.63) is 70.8 Å². The molecule has 5 rings (SSSR count). The second kappa shape index (κ2) is 6.07. The van der Waals surface area contributed by atoms with Gasteiger partial charge in [0.05, 0.1) is 5.56 Å². The number of allylic oxidation sites excluding steroid dienone is 1. The van der Waals surface area contributed by atoms with Gasteiger partial charge in [0.25, 0.3) is 0 Å². The highest BCUT2D eigenvalue weighted by atomic mass is 16.5. The summed E-state index contributed by atoms with van der Waals surface area (Å²) >= 11 is 0. The van der Waals surface area contributed by atoms with Gasteiger partial charge in [-0.25, -0.2) is 4.79 Å². The zero-order chi connectivity index (χ0) is 21.3. The van der Waals surface area contributed by atoms with Crippen LogP contribution in [-0.4, -0.2) is 22.5 Å². The third kappa shape index (κ3) is 2.28. The average Bonchev–Trinajstić information content (AvgIpc) is 3.29. The maximum absolute atomic E-state index is 12.9. The first-order valence-electron chi connectivity index (χ1n) is 10.6. The van der Waals surface area contributed by atoms with E-state index in [9.17, 15) is 14.7 Å². The highest BCUT2D eigenvalue weighted by molar-refractivity contribution is 6.07. The molecular formula is C26H26O4. The van der Waals surface area contributed by atoms with Crippen LogP contribution in [0.1, 0.15) is 71.9 Å². The Balaban J connectivity index is 1.50. The molecule has 2 aromatic rings. The Bertz CT molecular complexity index is 1120. The maximum atomic E-state index is 12.9. The summed E-state index contributed by atoms with van der Waals surface area (Å²) in [6, 6.07) is 12.4. The molecule has 4 heteroatoms. The van der Waals surface area contributed by atoms with E-state index >= 15 is 0 Å². The fraction of sp³-hybridized carbons (Fsp3) is 0.385. The Hall–Kier alpha value is -2.88. The number of hydrogen-bond donors (Lipinski definition) is 1. The zero-order valence-corrected chi connectivity index (χ0v) is 17.6. The molecule has 2 aromatic carbocycles. The molecule has 2 fully saturated rings. The first-order valence-corrected chi connectivity index (χ1v) is 10.6. The van der Waals surface area contributed by atoms with Crippen molar-refractivity contribution in [1.29, 1.82) is 0 Å². The molecule has 30 heavy (non-hydrogen) atoms. The first kappa shape index (κ1) is 19.1. The predicted molar refractivity (Wildman–Crippen MR) is 115 cm³/mol. The van der Waals surface area contributed by atoms with E-state index in [2.05, 4.69) is 20.8 Å². The van der Waals surface area contributed by atoms with Gasteiger partial charge in [-0.15, -0.1) is 0 Å². The van der Waals surface area contributed by atoms with Crippen LogP contribution in [0.25, 0.3) is 6.08 Å². The number of carboxylic acid groups (broad SMARTS) is 1. The fourth-order valence-corrected chi connectivity index (χ4v) is 6.44. The molecule has 0 spiro atoms. The third-order valence-corrected chi connectivity index (χ3v) is 8.45. The summed E-state index contributed by atoms with van der Waals surface area (Å²) < 4.78 is 6.53. The fourth-order valence-electron chi connectivity index (χ4n) is 6.44. The average molecular weight is 402 g/mol. The predicted octanol–water partition coefficient (Wildman–Crippen LogP) is 5.51. The summed E-state index contributed by atoms with van der Waals surface area (Å²) in [5.41, 5.74) is 2.28.